The van der Waals surface area contributed by atoms with Gasteiger partial charge in [-0.1, -0.05) is 6.92 Å². The molecule has 25 heavy (non-hydrogen) atoms. The summed E-state index contributed by atoms with van der Waals surface area (Å²) >= 11 is 0. The molecule has 9 nitrogen and oxygen atoms in total. The molecule has 2 rings (SSSR count). The van der Waals surface area contributed by atoms with Gasteiger partial charge < -0.3 is 10.2 Å². The third kappa shape index (κ3) is 5.11. The molecule has 2 N–H and O–H groups in total. The van der Waals surface area contributed by atoms with E-state index < -0.39 is 14.9 Å². The smallest absolute Gasteiger partial charge is 0.293 e. The lowest BCUT2D eigenvalue weighted by atomic mass is 10.2. The monoisotopic (exact) mass is 371 g/mol. The zero-order chi connectivity index (χ0) is 18.4. The van der Waals surface area contributed by atoms with Crippen molar-refractivity contribution in [1.82, 2.24) is 14.5 Å². The molecule has 140 valence electrons. The molecular weight excluding hydrogens is 346 g/mol. The van der Waals surface area contributed by atoms with Crippen LogP contribution in [0.2, 0.25) is 0 Å². The lowest BCUT2D eigenvalue weighted by molar-refractivity contribution is -0.384. The molecule has 1 aromatic carbocycles. The average molecular weight is 371 g/mol. The maximum absolute atomic E-state index is 11.8. The van der Waals surface area contributed by atoms with E-state index in [4.69, 9.17) is 0 Å². The first-order valence-electron chi connectivity index (χ1n) is 8.28. The van der Waals surface area contributed by atoms with Gasteiger partial charge in [-0.15, -0.1) is 0 Å². The van der Waals surface area contributed by atoms with Crippen molar-refractivity contribution < 1.29 is 13.3 Å². The number of nitro benzene ring substituents is 1. The topological polar surface area (TPSA) is 108 Å². The molecule has 0 saturated carbocycles. The van der Waals surface area contributed by atoms with Gasteiger partial charge in [0, 0.05) is 45.3 Å². The molecule has 1 heterocycles. The number of benzene rings is 1. The van der Waals surface area contributed by atoms with Crippen LogP contribution < -0.4 is 10.0 Å². The zero-order valence-electron chi connectivity index (χ0n) is 14.6. The highest BCUT2D eigenvalue weighted by molar-refractivity contribution is 7.89. The first kappa shape index (κ1) is 19.6. The standard InChI is InChI=1S/C15H25N5O4S/c1-3-18-8-10-19(11-9-18)7-6-17-14-5-4-13(25(23,24)16-2)12-15(14)20(21)22/h4-5,12,16-17H,3,6-11H2,1-2H3. The number of hydrogen-bond acceptors (Lipinski definition) is 7. The summed E-state index contributed by atoms with van der Waals surface area (Å²) in [6.45, 7) is 8.58. The van der Waals surface area contributed by atoms with Crippen LogP contribution in [-0.2, 0) is 10.0 Å². The Hall–Kier alpha value is -1.75. The van der Waals surface area contributed by atoms with E-state index in [0.717, 1.165) is 45.3 Å². The highest BCUT2D eigenvalue weighted by atomic mass is 32.2. The van der Waals surface area contributed by atoms with E-state index in [1.54, 1.807) is 0 Å². The third-order valence-corrected chi connectivity index (χ3v) is 5.81. The number of nitro groups is 1. The van der Waals surface area contributed by atoms with E-state index in [1.165, 1.54) is 19.2 Å². The number of hydrogen-bond donors (Lipinski definition) is 2. The second-order valence-electron chi connectivity index (χ2n) is 5.85. The summed E-state index contributed by atoms with van der Waals surface area (Å²) in [6.07, 6.45) is 0. The van der Waals surface area contributed by atoms with Crippen molar-refractivity contribution in [2.24, 2.45) is 0 Å². The van der Waals surface area contributed by atoms with Gasteiger partial charge in [-0.25, -0.2) is 13.1 Å². The van der Waals surface area contributed by atoms with Crippen LogP contribution in [0.4, 0.5) is 11.4 Å². The van der Waals surface area contributed by atoms with Crippen LogP contribution in [0.1, 0.15) is 6.92 Å². The summed E-state index contributed by atoms with van der Waals surface area (Å²) in [6, 6.07) is 3.88. The maximum Gasteiger partial charge on any atom is 0.293 e. The Balaban J connectivity index is 1.99. The number of rotatable bonds is 8. The summed E-state index contributed by atoms with van der Waals surface area (Å²) < 4.78 is 25.7. The molecule has 0 aliphatic carbocycles. The molecule has 10 heteroatoms. The van der Waals surface area contributed by atoms with Crippen molar-refractivity contribution in [3.8, 4) is 0 Å². The summed E-state index contributed by atoms with van der Waals surface area (Å²) in [4.78, 5) is 15.3. The first-order chi connectivity index (χ1) is 11.9. The number of nitrogens with one attached hydrogen (secondary N) is 2. The Morgan fingerprint density at radius 2 is 1.84 bits per heavy atom. The van der Waals surface area contributed by atoms with Crippen LogP contribution >= 0.6 is 0 Å². The fourth-order valence-electron chi connectivity index (χ4n) is 2.77. The zero-order valence-corrected chi connectivity index (χ0v) is 15.4. The fraction of sp³-hybridized carbons (Fsp3) is 0.600. The molecule has 0 amide bonds. The van der Waals surface area contributed by atoms with Crippen LogP contribution in [0.5, 0.6) is 0 Å². The van der Waals surface area contributed by atoms with E-state index in [9.17, 15) is 18.5 Å². The van der Waals surface area contributed by atoms with Crippen LogP contribution in [0.25, 0.3) is 0 Å². The minimum atomic E-state index is -3.71. The largest absolute Gasteiger partial charge is 0.378 e. The van der Waals surface area contributed by atoms with Crippen molar-refractivity contribution in [3.05, 3.63) is 28.3 Å². The van der Waals surface area contributed by atoms with E-state index in [1.807, 2.05) is 0 Å². The third-order valence-electron chi connectivity index (χ3n) is 4.40. The number of anilines is 1. The number of piperazine rings is 1. The van der Waals surface area contributed by atoms with Crippen molar-refractivity contribution in [1.29, 1.82) is 0 Å². The van der Waals surface area contributed by atoms with Gasteiger partial charge >= 0.3 is 0 Å². The Bertz CT molecular complexity index is 702. The molecular formula is C15H25N5O4S. The van der Waals surface area contributed by atoms with Crippen molar-refractivity contribution in [2.45, 2.75) is 11.8 Å². The summed E-state index contributed by atoms with van der Waals surface area (Å²) in [5.74, 6) is 0. The van der Waals surface area contributed by atoms with E-state index >= 15 is 0 Å². The van der Waals surface area contributed by atoms with E-state index in [-0.39, 0.29) is 10.6 Å². The molecule has 0 aromatic heterocycles. The summed E-state index contributed by atoms with van der Waals surface area (Å²) in [5, 5.41) is 14.3. The lowest BCUT2D eigenvalue weighted by Crippen LogP contribution is -2.47. The van der Waals surface area contributed by atoms with E-state index in [2.05, 4.69) is 26.8 Å². The lowest BCUT2D eigenvalue weighted by Gasteiger charge is -2.34. The normalized spacial score (nSPS) is 16.7. The van der Waals surface area contributed by atoms with Gasteiger partial charge in [0.2, 0.25) is 10.0 Å². The molecule has 0 atom stereocenters. The van der Waals surface area contributed by atoms with Crippen molar-refractivity contribution in [2.75, 3.05) is 58.2 Å². The van der Waals surface area contributed by atoms with Gasteiger partial charge in [-0.05, 0) is 25.7 Å². The predicted octanol–water partition coefficient (Wildman–Crippen LogP) is 0.552. The first-order valence-corrected chi connectivity index (χ1v) is 9.76. The predicted molar refractivity (Wildman–Crippen MR) is 96.4 cm³/mol. The molecule has 1 aromatic rings. The molecule has 1 fully saturated rings. The Morgan fingerprint density at radius 3 is 2.40 bits per heavy atom. The SMILES string of the molecule is CCN1CCN(CCNc2ccc(S(=O)(=O)NC)cc2[N+](=O)[O-])CC1. The average Bonchev–Trinajstić information content (AvgIpc) is 2.62. The Labute approximate surface area is 148 Å². The van der Waals surface area contributed by atoms with Gasteiger partial charge in [-0.3, -0.25) is 15.0 Å². The van der Waals surface area contributed by atoms with Crippen molar-refractivity contribution >= 4 is 21.4 Å². The highest BCUT2D eigenvalue weighted by Crippen LogP contribution is 2.27. The molecule has 0 bridgehead atoms. The molecule has 1 aliphatic heterocycles. The Kier molecular flexibility index (Phi) is 6.71. The Morgan fingerprint density at radius 1 is 1.20 bits per heavy atom. The highest BCUT2D eigenvalue weighted by Gasteiger charge is 2.20. The molecule has 0 unspecified atom stereocenters. The van der Waals surface area contributed by atoms with Gasteiger partial charge in [0.15, 0.2) is 0 Å². The van der Waals surface area contributed by atoms with Crippen LogP contribution in [-0.4, -0.2) is 76.0 Å². The minimum absolute atomic E-state index is 0.122. The second kappa shape index (κ2) is 8.56. The van der Waals surface area contributed by atoms with Gasteiger partial charge in [0.25, 0.3) is 5.69 Å². The molecule has 0 spiro atoms. The van der Waals surface area contributed by atoms with Crippen LogP contribution in [0.15, 0.2) is 23.1 Å². The van der Waals surface area contributed by atoms with Gasteiger partial charge in [-0.2, -0.15) is 0 Å². The van der Waals surface area contributed by atoms with Crippen LogP contribution in [0, 0.1) is 10.1 Å². The number of nitrogens with zero attached hydrogens (tertiary/aromatic N) is 3. The molecule has 0 radical (unpaired) electrons. The molecule has 1 aliphatic rings. The fourth-order valence-corrected chi connectivity index (χ4v) is 3.52. The van der Waals surface area contributed by atoms with Crippen molar-refractivity contribution in [3.63, 3.8) is 0 Å². The number of sulfonamides is 1. The second-order valence-corrected chi connectivity index (χ2v) is 7.73. The summed E-state index contributed by atoms with van der Waals surface area (Å²) in [5.41, 5.74) is 0.0828. The molecule has 1 saturated heterocycles. The van der Waals surface area contributed by atoms with Gasteiger partial charge in [0.05, 0.1) is 9.82 Å². The van der Waals surface area contributed by atoms with Crippen LogP contribution in [0.3, 0.4) is 0 Å². The summed E-state index contributed by atoms with van der Waals surface area (Å²) in [7, 11) is -2.44. The van der Waals surface area contributed by atoms with E-state index in [0.29, 0.717) is 12.2 Å². The number of likely N-dealkylation sites (N-methyl/N-ethyl adjacent to an activating group) is 1. The maximum atomic E-state index is 11.8. The minimum Gasteiger partial charge on any atom is -0.378 e. The van der Waals surface area contributed by atoms with Gasteiger partial charge in [0.1, 0.15) is 5.69 Å². The quantitative estimate of drug-likeness (QED) is 0.507.